The Hall–Kier alpha value is -4.39. The first-order valence-electron chi connectivity index (χ1n) is 13.2. The molecule has 1 spiro atoms. The smallest absolute Gasteiger partial charge is 0.247 e. The monoisotopic (exact) mass is 579 g/mol. The maximum Gasteiger partial charge on any atom is 0.247 e. The zero-order valence-corrected chi connectivity index (χ0v) is 23.1. The van der Waals surface area contributed by atoms with Crippen LogP contribution in [0.2, 0.25) is 10.0 Å². The lowest BCUT2D eigenvalue weighted by molar-refractivity contribution is -0.122. The highest BCUT2D eigenvalue weighted by molar-refractivity contribution is 6.31. The van der Waals surface area contributed by atoms with Crippen molar-refractivity contribution in [3.05, 3.63) is 130 Å². The van der Waals surface area contributed by atoms with Gasteiger partial charge in [0.2, 0.25) is 11.8 Å². The quantitative estimate of drug-likeness (QED) is 0.267. The molecule has 0 aliphatic carbocycles. The zero-order chi connectivity index (χ0) is 28.3. The normalized spacial score (nSPS) is 23.5. The molecular weight excluding hydrogens is 557 g/mol. The second-order valence-corrected chi connectivity index (χ2v) is 11.3. The van der Waals surface area contributed by atoms with Gasteiger partial charge in [-0.2, -0.15) is 0 Å². The van der Waals surface area contributed by atoms with Gasteiger partial charge in [-0.05, 0) is 71.8 Å². The molecule has 4 aromatic carbocycles. The number of halogens is 2. The number of Topliss-reactive ketones (excluding diaryl/α,β-unsaturated/α-hetero) is 1. The molecule has 2 N–H and O–H groups in total. The number of anilines is 3. The van der Waals surface area contributed by atoms with Gasteiger partial charge in [0.05, 0.1) is 12.0 Å². The highest BCUT2D eigenvalue weighted by Crippen LogP contribution is 2.57. The molecule has 4 aromatic rings. The first-order chi connectivity index (χ1) is 19.9. The average molecular weight is 580 g/mol. The van der Waals surface area contributed by atoms with Crippen molar-refractivity contribution in [1.29, 1.82) is 0 Å². The van der Waals surface area contributed by atoms with E-state index < -0.39 is 29.3 Å². The van der Waals surface area contributed by atoms with Crippen molar-refractivity contribution < 1.29 is 14.4 Å². The number of carbonyl (C=O) groups is 3. The number of nitrogens with one attached hydrogen (secondary N) is 2. The van der Waals surface area contributed by atoms with Crippen molar-refractivity contribution in [2.75, 3.05) is 15.5 Å². The Kier molecular flexibility index (Phi) is 6.00. The van der Waals surface area contributed by atoms with Crippen molar-refractivity contribution >= 4 is 63.9 Å². The SMILES string of the molecule is O=C(c1ccc(Cl)cc1)[C@@H]1[C@H](C(=O)Nc2ccc(Cl)cc2)N2c3ccccc3C=C[C@@H]2[C@@]12C(=O)Nc1ccccc12. The number of hydrogen-bond donors (Lipinski definition) is 2. The molecule has 0 bridgehead atoms. The fraction of sp³-hybridized carbons (Fsp3) is 0.121. The number of para-hydroxylation sites is 2. The van der Waals surface area contributed by atoms with Crippen LogP contribution < -0.4 is 15.5 Å². The second-order valence-electron chi connectivity index (χ2n) is 10.4. The highest BCUT2D eigenvalue weighted by atomic mass is 35.5. The molecule has 7 rings (SSSR count). The van der Waals surface area contributed by atoms with Crippen molar-refractivity contribution in [2.45, 2.75) is 17.5 Å². The fourth-order valence-corrected chi connectivity index (χ4v) is 6.91. The number of amides is 2. The summed E-state index contributed by atoms with van der Waals surface area (Å²) >= 11 is 12.2. The molecule has 0 unspecified atom stereocenters. The van der Waals surface area contributed by atoms with Gasteiger partial charge in [0, 0.05) is 32.7 Å². The molecule has 3 aliphatic heterocycles. The van der Waals surface area contributed by atoms with E-state index in [2.05, 4.69) is 10.6 Å². The van der Waals surface area contributed by atoms with Crippen LogP contribution in [0.3, 0.4) is 0 Å². The van der Waals surface area contributed by atoms with Crippen LogP contribution in [0, 0.1) is 5.92 Å². The van der Waals surface area contributed by atoms with Crippen molar-refractivity contribution in [3.63, 3.8) is 0 Å². The van der Waals surface area contributed by atoms with E-state index in [0.717, 1.165) is 11.3 Å². The van der Waals surface area contributed by atoms with Crippen LogP contribution in [0.4, 0.5) is 17.1 Å². The molecular formula is C33H23Cl2N3O3. The summed E-state index contributed by atoms with van der Waals surface area (Å²) in [6, 6.07) is 26.8. The third kappa shape index (κ3) is 3.82. The lowest BCUT2D eigenvalue weighted by Gasteiger charge is -2.37. The number of hydrogen-bond acceptors (Lipinski definition) is 4. The minimum Gasteiger partial charge on any atom is -0.350 e. The Morgan fingerprint density at radius 3 is 2.24 bits per heavy atom. The van der Waals surface area contributed by atoms with E-state index in [1.54, 1.807) is 48.5 Å². The molecule has 8 heteroatoms. The second kappa shape index (κ2) is 9.61. The number of nitrogens with zero attached hydrogens (tertiary/aromatic N) is 1. The summed E-state index contributed by atoms with van der Waals surface area (Å²) in [6.07, 6.45) is 3.91. The van der Waals surface area contributed by atoms with Gasteiger partial charge in [-0.3, -0.25) is 14.4 Å². The van der Waals surface area contributed by atoms with Gasteiger partial charge in [-0.25, -0.2) is 0 Å². The molecule has 0 aromatic heterocycles. The fourth-order valence-electron chi connectivity index (χ4n) is 6.66. The Balaban J connectivity index is 1.48. The Morgan fingerprint density at radius 2 is 1.49 bits per heavy atom. The number of benzene rings is 4. The number of fused-ring (bicyclic) bond motifs is 6. The van der Waals surface area contributed by atoms with Crippen molar-refractivity contribution in [3.8, 4) is 0 Å². The maximum absolute atomic E-state index is 14.7. The lowest BCUT2D eigenvalue weighted by Crippen LogP contribution is -2.51. The highest BCUT2D eigenvalue weighted by Gasteiger charge is 2.70. The molecule has 4 atom stereocenters. The van der Waals surface area contributed by atoms with Gasteiger partial charge in [-0.1, -0.05) is 71.8 Å². The van der Waals surface area contributed by atoms with Gasteiger partial charge in [-0.15, -0.1) is 0 Å². The number of ketones is 1. The van der Waals surface area contributed by atoms with Crippen LogP contribution in [0.25, 0.3) is 6.08 Å². The molecule has 1 saturated heterocycles. The van der Waals surface area contributed by atoms with E-state index in [9.17, 15) is 14.4 Å². The van der Waals surface area contributed by atoms with E-state index in [-0.39, 0.29) is 11.7 Å². The first-order valence-corrected chi connectivity index (χ1v) is 14.0. The van der Waals surface area contributed by atoms with Gasteiger partial charge in [0.15, 0.2) is 5.78 Å². The van der Waals surface area contributed by atoms with Gasteiger partial charge in [0.25, 0.3) is 0 Å². The predicted octanol–water partition coefficient (Wildman–Crippen LogP) is 6.61. The Morgan fingerprint density at radius 1 is 0.829 bits per heavy atom. The van der Waals surface area contributed by atoms with Crippen LogP contribution in [-0.2, 0) is 15.0 Å². The molecule has 2 amide bonds. The maximum atomic E-state index is 14.7. The first kappa shape index (κ1) is 25.6. The largest absolute Gasteiger partial charge is 0.350 e. The van der Waals surface area contributed by atoms with Crippen LogP contribution in [0.1, 0.15) is 21.5 Å². The molecule has 202 valence electrons. The van der Waals surface area contributed by atoms with Crippen LogP contribution in [0.15, 0.2) is 103 Å². The average Bonchev–Trinajstić information content (AvgIpc) is 3.47. The topological polar surface area (TPSA) is 78.5 Å². The summed E-state index contributed by atoms with van der Waals surface area (Å²) in [5, 5.41) is 7.05. The molecule has 3 aliphatic rings. The summed E-state index contributed by atoms with van der Waals surface area (Å²) in [5.41, 5.74) is 2.53. The molecule has 0 saturated carbocycles. The zero-order valence-electron chi connectivity index (χ0n) is 21.6. The number of rotatable bonds is 4. The van der Waals surface area contributed by atoms with Crippen molar-refractivity contribution in [1.82, 2.24) is 0 Å². The Labute approximate surface area is 246 Å². The molecule has 0 radical (unpaired) electrons. The summed E-state index contributed by atoms with van der Waals surface area (Å²) in [6.45, 7) is 0. The third-order valence-corrected chi connectivity index (χ3v) is 8.84. The van der Waals surface area contributed by atoms with Crippen molar-refractivity contribution in [2.24, 2.45) is 5.92 Å². The van der Waals surface area contributed by atoms with E-state index >= 15 is 0 Å². The summed E-state index contributed by atoms with van der Waals surface area (Å²) < 4.78 is 0. The minimum absolute atomic E-state index is 0.313. The van der Waals surface area contributed by atoms with Crippen LogP contribution >= 0.6 is 23.2 Å². The molecule has 3 heterocycles. The summed E-state index contributed by atoms with van der Waals surface area (Å²) in [7, 11) is 0. The lowest BCUT2D eigenvalue weighted by atomic mass is 9.64. The Bertz CT molecular complexity index is 1750. The molecule has 6 nitrogen and oxygen atoms in total. The van der Waals surface area contributed by atoms with E-state index in [0.29, 0.717) is 32.5 Å². The van der Waals surface area contributed by atoms with Gasteiger partial charge >= 0.3 is 0 Å². The van der Waals surface area contributed by atoms with E-state index in [4.69, 9.17) is 23.2 Å². The van der Waals surface area contributed by atoms with Crippen LogP contribution in [0.5, 0.6) is 0 Å². The molecule has 41 heavy (non-hydrogen) atoms. The number of carbonyl (C=O) groups excluding carboxylic acids is 3. The van der Waals surface area contributed by atoms with Crippen LogP contribution in [-0.4, -0.2) is 29.7 Å². The standard InChI is InChI=1S/C33H23Cl2N3O3/c34-21-12-9-20(10-13-21)30(39)28-29(31(40)36-23-16-14-22(35)15-17-23)38-26-8-4-1-5-19(26)11-18-27(38)33(28)24-6-2-3-7-25(24)37-32(33)41/h1-18,27-29H,(H,36,40)(H,37,41)/t27-,28+,29-,33-/m1/s1. The predicted molar refractivity (Wildman–Crippen MR) is 162 cm³/mol. The molecule has 1 fully saturated rings. The minimum atomic E-state index is -1.38. The van der Waals surface area contributed by atoms with Gasteiger partial charge < -0.3 is 15.5 Å². The van der Waals surface area contributed by atoms with Gasteiger partial charge in [0.1, 0.15) is 11.5 Å². The van der Waals surface area contributed by atoms with E-state index in [1.165, 1.54) is 0 Å². The third-order valence-electron chi connectivity index (χ3n) is 8.33. The summed E-state index contributed by atoms with van der Waals surface area (Å²) in [5.74, 6) is -2.10. The van der Waals surface area contributed by atoms with E-state index in [1.807, 2.05) is 65.6 Å². The summed E-state index contributed by atoms with van der Waals surface area (Å²) in [4.78, 5) is 45.3.